The average Bonchev–Trinajstić information content (AvgIpc) is 2.43. The fraction of sp³-hybridized carbons (Fsp3) is 0. The highest BCUT2D eigenvalue weighted by Gasteiger charge is 2.13. The molecule has 0 saturated carbocycles. The van der Waals surface area contributed by atoms with Crippen molar-refractivity contribution in [3.05, 3.63) is 61.0 Å². The minimum absolute atomic E-state index is 0.108. The molecular weight excluding hydrogens is 406 g/mol. The van der Waals surface area contributed by atoms with Crippen LogP contribution in [0.2, 0.25) is 0 Å². The van der Waals surface area contributed by atoms with Crippen molar-refractivity contribution in [2.24, 2.45) is 0 Å². The van der Waals surface area contributed by atoms with E-state index in [2.05, 4.69) is 37.2 Å². The molecule has 8 heteroatoms. The van der Waals surface area contributed by atoms with Crippen LogP contribution in [0.15, 0.2) is 45.3 Å². The molecule has 21 heavy (non-hydrogen) atoms. The van der Waals surface area contributed by atoms with Crippen molar-refractivity contribution in [2.45, 2.75) is 0 Å². The van der Waals surface area contributed by atoms with Gasteiger partial charge < -0.3 is 11.1 Å². The molecule has 0 aromatic heterocycles. The number of benzene rings is 2. The third kappa shape index (κ3) is 3.59. The fourth-order valence-corrected chi connectivity index (χ4v) is 2.19. The third-order valence-electron chi connectivity index (χ3n) is 2.67. The molecule has 2 rings (SSSR count). The van der Waals surface area contributed by atoms with E-state index >= 15 is 0 Å². The Morgan fingerprint density at radius 1 is 1.14 bits per heavy atom. The molecule has 108 valence electrons. The van der Waals surface area contributed by atoms with Crippen LogP contribution in [-0.4, -0.2) is 10.8 Å². The molecule has 0 fully saturated rings. The zero-order chi connectivity index (χ0) is 15.6. The van der Waals surface area contributed by atoms with Crippen LogP contribution in [0.5, 0.6) is 0 Å². The molecule has 0 spiro atoms. The molecule has 0 bridgehead atoms. The quantitative estimate of drug-likeness (QED) is 0.451. The van der Waals surface area contributed by atoms with E-state index in [1.807, 2.05) is 0 Å². The van der Waals surface area contributed by atoms with Crippen LogP contribution in [0.4, 0.5) is 17.1 Å². The summed E-state index contributed by atoms with van der Waals surface area (Å²) in [6.45, 7) is 0. The van der Waals surface area contributed by atoms with Crippen molar-refractivity contribution >= 4 is 54.8 Å². The van der Waals surface area contributed by atoms with E-state index in [1.54, 1.807) is 12.1 Å². The van der Waals surface area contributed by atoms with Crippen molar-refractivity contribution in [3.8, 4) is 0 Å². The molecule has 0 aliphatic heterocycles. The summed E-state index contributed by atoms with van der Waals surface area (Å²) in [5.41, 5.74) is 6.71. The van der Waals surface area contributed by atoms with E-state index in [0.29, 0.717) is 25.9 Å². The lowest BCUT2D eigenvalue weighted by Crippen LogP contribution is -2.12. The van der Waals surface area contributed by atoms with Crippen molar-refractivity contribution in [1.82, 2.24) is 0 Å². The molecule has 2 aromatic rings. The SMILES string of the molecule is Nc1cc(C(=O)Nc2cc([N+](=O)[O-])ccc2Br)ccc1Br. The lowest BCUT2D eigenvalue weighted by atomic mass is 10.2. The fourth-order valence-electron chi connectivity index (χ4n) is 1.60. The Balaban J connectivity index is 2.28. The molecule has 0 unspecified atom stereocenters. The number of nitrogens with zero attached hydrogens (tertiary/aromatic N) is 1. The van der Waals surface area contributed by atoms with Gasteiger partial charge >= 0.3 is 0 Å². The number of nitrogens with two attached hydrogens (primary N) is 1. The highest BCUT2D eigenvalue weighted by molar-refractivity contribution is 9.11. The molecular formula is C13H9Br2N3O3. The first-order valence-electron chi connectivity index (χ1n) is 5.69. The summed E-state index contributed by atoms with van der Waals surface area (Å²) < 4.78 is 1.24. The number of carbonyl (C=O) groups is 1. The van der Waals surface area contributed by atoms with Crippen molar-refractivity contribution in [1.29, 1.82) is 0 Å². The van der Waals surface area contributed by atoms with Gasteiger partial charge in [-0.25, -0.2) is 0 Å². The van der Waals surface area contributed by atoms with Gasteiger partial charge in [-0.05, 0) is 56.1 Å². The maximum atomic E-state index is 12.1. The second-order valence-electron chi connectivity index (χ2n) is 4.11. The number of rotatable bonds is 3. The van der Waals surface area contributed by atoms with Crippen LogP contribution < -0.4 is 11.1 Å². The van der Waals surface area contributed by atoms with E-state index in [-0.39, 0.29) is 5.69 Å². The second kappa shape index (κ2) is 6.23. The minimum Gasteiger partial charge on any atom is -0.398 e. The lowest BCUT2D eigenvalue weighted by Gasteiger charge is -2.08. The maximum absolute atomic E-state index is 12.1. The molecule has 2 aromatic carbocycles. The predicted octanol–water partition coefficient (Wildman–Crippen LogP) is 3.95. The number of nitrogen functional groups attached to an aromatic ring is 1. The summed E-state index contributed by atoms with van der Waals surface area (Å²) in [5.74, 6) is -0.407. The van der Waals surface area contributed by atoms with Gasteiger partial charge in [-0.1, -0.05) is 0 Å². The zero-order valence-electron chi connectivity index (χ0n) is 10.5. The van der Waals surface area contributed by atoms with Gasteiger partial charge in [0.05, 0.1) is 10.6 Å². The van der Waals surface area contributed by atoms with Crippen LogP contribution in [0, 0.1) is 10.1 Å². The molecule has 3 N–H and O–H groups in total. The van der Waals surface area contributed by atoms with Crippen LogP contribution >= 0.6 is 31.9 Å². The van der Waals surface area contributed by atoms with Gasteiger partial charge in [-0.2, -0.15) is 0 Å². The number of nitro groups is 1. The van der Waals surface area contributed by atoms with Crippen molar-refractivity contribution < 1.29 is 9.72 Å². The normalized spacial score (nSPS) is 10.2. The smallest absolute Gasteiger partial charge is 0.271 e. The highest BCUT2D eigenvalue weighted by atomic mass is 79.9. The predicted molar refractivity (Wildman–Crippen MR) is 87.3 cm³/mol. The Kier molecular flexibility index (Phi) is 4.59. The van der Waals surface area contributed by atoms with Gasteiger partial charge in [0.1, 0.15) is 0 Å². The Hall–Kier alpha value is -1.93. The number of anilines is 2. The van der Waals surface area contributed by atoms with Gasteiger partial charge in [0, 0.05) is 32.3 Å². The first kappa shape index (κ1) is 15.5. The van der Waals surface area contributed by atoms with Gasteiger partial charge in [0.15, 0.2) is 0 Å². The maximum Gasteiger partial charge on any atom is 0.271 e. The number of amides is 1. The van der Waals surface area contributed by atoms with Gasteiger partial charge in [-0.15, -0.1) is 0 Å². The largest absolute Gasteiger partial charge is 0.398 e. The number of halogens is 2. The number of non-ortho nitro benzene ring substituents is 1. The van der Waals surface area contributed by atoms with E-state index in [4.69, 9.17) is 5.73 Å². The number of hydrogen-bond donors (Lipinski definition) is 2. The second-order valence-corrected chi connectivity index (χ2v) is 5.82. The summed E-state index contributed by atoms with van der Waals surface area (Å²) in [6.07, 6.45) is 0. The van der Waals surface area contributed by atoms with Crippen LogP contribution in [0.1, 0.15) is 10.4 Å². The van der Waals surface area contributed by atoms with Crippen LogP contribution in [0.25, 0.3) is 0 Å². The Bertz CT molecular complexity index is 735. The molecule has 0 aliphatic carbocycles. The summed E-state index contributed by atoms with van der Waals surface area (Å²) >= 11 is 6.48. The summed E-state index contributed by atoms with van der Waals surface area (Å²) in [5, 5.41) is 13.4. The molecule has 0 atom stereocenters. The van der Waals surface area contributed by atoms with E-state index in [0.717, 1.165) is 0 Å². The van der Waals surface area contributed by atoms with Crippen molar-refractivity contribution in [3.63, 3.8) is 0 Å². The van der Waals surface area contributed by atoms with E-state index < -0.39 is 10.8 Å². The topological polar surface area (TPSA) is 98.3 Å². The highest BCUT2D eigenvalue weighted by Crippen LogP contribution is 2.28. The molecule has 0 saturated heterocycles. The van der Waals surface area contributed by atoms with Gasteiger partial charge in [-0.3, -0.25) is 14.9 Å². The number of hydrogen-bond acceptors (Lipinski definition) is 4. The van der Waals surface area contributed by atoms with Gasteiger partial charge in [0.2, 0.25) is 0 Å². The first-order chi connectivity index (χ1) is 9.88. The number of nitro benzene ring substituents is 1. The lowest BCUT2D eigenvalue weighted by molar-refractivity contribution is -0.384. The van der Waals surface area contributed by atoms with E-state index in [1.165, 1.54) is 24.3 Å². The van der Waals surface area contributed by atoms with E-state index in [9.17, 15) is 14.9 Å². The summed E-state index contributed by atoms with van der Waals surface area (Å²) in [6, 6.07) is 8.91. The van der Waals surface area contributed by atoms with Crippen LogP contribution in [0.3, 0.4) is 0 Å². The standard InChI is InChI=1S/C13H9Br2N3O3/c14-9-3-1-7(5-11(9)16)13(19)17-12-6-8(18(20)21)2-4-10(12)15/h1-6H,16H2,(H,17,19). The Labute approximate surface area is 136 Å². The Morgan fingerprint density at radius 2 is 1.81 bits per heavy atom. The summed E-state index contributed by atoms with van der Waals surface area (Å²) in [7, 11) is 0. The molecule has 6 nitrogen and oxygen atoms in total. The zero-order valence-corrected chi connectivity index (χ0v) is 13.6. The van der Waals surface area contributed by atoms with Crippen LogP contribution in [-0.2, 0) is 0 Å². The average molecular weight is 415 g/mol. The monoisotopic (exact) mass is 413 g/mol. The minimum atomic E-state index is -0.528. The Morgan fingerprint density at radius 3 is 2.43 bits per heavy atom. The van der Waals surface area contributed by atoms with Crippen molar-refractivity contribution in [2.75, 3.05) is 11.1 Å². The first-order valence-corrected chi connectivity index (χ1v) is 7.27. The molecule has 0 aliphatic rings. The number of nitrogens with one attached hydrogen (secondary N) is 1. The third-order valence-corrected chi connectivity index (χ3v) is 4.08. The molecule has 0 heterocycles. The molecule has 0 radical (unpaired) electrons. The summed E-state index contributed by atoms with van der Waals surface area (Å²) in [4.78, 5) is 22.4. The van der Waals surface area contributed by atoms with Gasteiger partial charge in [0.25, 0.3) is 11.6 Å². The molecule has 1 amide bonds. The number of carbonyl (C=O) groups excluding carboxylic acids is 1.